The Balaban J connectivity index is 1.97. The second-order valence-electron chi connectivity index (χ2n) is 6.42. The normalized spacial score (nSPS) is 10.8. The van der Waals surface area contributed by atoms with Crippen molar-refractivity contribution in [2.75, 3.05) is 6.61 Å². The standard InChI is InChI=1S/C22H32O4/c1-2-3-4-5-6-7-8-9-10-14-19-25-21(23)17-18-22(24)26-20-15-12-11-13-16-20/h11-13,15-18H,2-10,14,19H2,1H3/b18-17+. The molecule has 0 radical (unpaired) electrons. The van der Waals surface area contributed by atoms with Crippen LogP contribution in [0.25, 0.3) is 0 Å². The molecule has 0 atom stereocenters. The molecule has 0 spiro atoms. The quantitative estimate of drug-likeness (QED) is 0.187. The lowest BCUT2D eigenvalue weighted by Gasteiger charge is -2.03. The van der Waals surface area contributed by atoms with Crippen LogP contribution in [0.4, 0.5) is 0 Å². The summed E-state index contributed by atoms with van der Waals surface area (Å²) >= 11 is 0. The fourth-order valence-corrected chi connectivity index (χ4v) is 2.59. The molecule has 0 saturated carbocycles. The highest BCUT2D eigenvalue weighted by molar-refractivity contribution is 5.92. The van der Waals surface area contributed by atoms with Gasteiger partial charge in [-0.2, -0.15) is 0 Å². The maximum Gasteiger partial charge on any atom is 0.336 e. The van der Waals surface area contributed by atoms with Crippen LogP contribution >= 0.6 is 0 Å². The molecule has 0 amide bonds. The molecule has 0 N–H and O–H groups in total. The minimum absolute atomic E-state index is 0.396. The summed E-state index contributed by atoms with van der Waals surface area (Å²) in [5.74, 6) is -0.654. The molecule has 4 heteroatoms. The SMILES string of the molecule is CCCCCCCCCCCCOC(=O)/C=C/C(=O)Oc1ccccc1. The summed E-state index contributed by atoms with van der Waals surface area (Å²) in [7, 11) is 0. The van der Waals surface area contributed by atoms with Gasteiger partial charge in [-0.25, -0.2) is 9.59 Å². The van der Waals surface area contributed by atoms with E-state index in [1.54, 1.807) is 24.3 Å². The molecule has 26 heavy (non-hydrogen) atoms. The highest BCUT2D eigenvalue weighted by atomic mass is 16.5. The zero-order valence-corrected chi connectivity index (χ0v) is 16.0. The summed E-state index contributed by atoms with van der Waals surface area (Å²) in [5.41, 5.74) is 0. The molecule has 0 aromatic heterocycles. The van der Waals surface area contributed by atoms with Crippen LogP contribution in [0.2, 0.25) is 0 Å². The van der Waals surface area contributed by atoms with Crippen LogP contribution in [0.1, 0.15) is 71.1 Å². The van der Waals surface area contributed by atoms with Crippen molar-refractivity contribution in [2.45, 2.75) is 71.1 Å². The van der Waals surface area contributed by atoms with Gasteiger partial charge in [0.2, 0.25) is 0 Å². The Morgan fingerprint density at radius 3 is 1.92 bits per heavy atom. The van der Waals surface area contributed by atoms with Crippen LogP contribution in [0.5, 0.6) is 5.75 Å². The number of benzene rings is 1. The van der Waals surface area contributed by atoms with E-state index in [0.29, 0.717) is 12.4 Å². The van der Waals surface area contributed by atoms with Gasteiger partial charge in [0.1, 0.15) is 5.75 Å². The fraction of sp³-hybridized carbons (Fsp3) is 0.545. The number of carbonyl (C=O) groups excluding carboxylic acids is 2. The molecule has 1 aromatic rings. The molecule has 144 valence electrons. The molecule has 1 aromatic carbocycles. The maximum atomic E-state index is 11.6. The largest absolute Gasteiger partial charge is 0.463 e. The number of rotatable bonds is 14. The number of hydrogen-bond donors (Lipinski definition) is 0. The fourth-order valence-electron chi connectivity index (χ4n) is 2.59. The van der Waals surface area contributed by atoms with Gasteiger partial charge in [0, 0.05) is 12.2 Å². The van der Waals surface area contributed by atoms with Gasteiger partial charge in [-0.15, -0.1) is 0 Å². The van der Waals surface area contributed by atoms with Crippen LogP contribution < -0.4 is 4.74 Å². The Morgan fingerprint density at radius 1 is 0.769 bits per heavy atom. The van der Waals surface area contributed by atoms with Crippen molar-refractivity contribution in [1.29, 1.82) is 0 Å². The monoisotopic (exact) mass is 360 g/mol. The Hall–Kier alpha value is -2.10. The van der Waals surface area contributed by atoms with E-state index < -0.39 is 11.9 Å². The number of para-hydroxylation sites is 1. The van der Waals surface area contributed by atoms with Crippen LogP contribution in [0.15, 0.2) is 42.5 Å². The van der Waals surface area contributed by atoms with Gasteiger partial charge in [0.25, 0.3) is 0 Å². The third-order valence-electron chi connectivity index (χ3n) is 4.06. The smallest absolute Gasteiger partial charge is 0.336 e. The first-order chi connectivity index (χ1) is 12.7. The van der Waals surface area contributed by atoms with Crippen molar-refractivity contribution in [3.8, 4) is 5.75 Å². The van der Waals surface area contributed by atoms with E-state index >= 15 is 0 Å². The predicted molar refractivity (Wildman–Crippen MR) is 104 cm³/mol. The zero-order chi connectivity index (χ0) is 18.9. The summed E-state index contributed by atoms with van der Waals surface area (Å²) in [6, 6.07) is 8.73. The molecule has 0 aliphatic carbocycles. The molecule has 1 rings (SSSR count). The van der Waals surface area contributed by atoms with Gasteiger partial charge < -0.3 is 9.47 Å². The Bertz CT molecular complexity index is 522. The van der Waals surface area contributed by atoms with E-state index in [1.165, 1.54) is 51.4 Å². The van der Waals surface area contributed by atoms with Crippen LogP contribution in [0.3, 0.4) is 0 Å². The first-order valence-corrected chi connectivity index (χ1v) is 9.84. The lowest BCUT2D eigenvalue weighted by Crippen LogP contribution is -2.07. The van der Waals surface area contributed by atoms with Crippen LogP contribution in [-0.2, 0) is 14.3 Å². The highest BCUT2D eigenvalue weighted by Crippen LogP contribution is 2.11. The molecule has 0 bridgehead atoms. The first-order valence-electron chi connectivity index (χ1n) is 9.84. The minimum atomic E-state index is -0.591. The second kappa shape index (κ2) is 15.2. The number of esters is 2. The predicted octanol–water partition coefficient (Wildman–Crippen LogP) is 5.61. The Morgan fingerprint density at radius 2 is 1.31 bits per heavy atom. The van der Waals surface area contributed by atoms with Gasteiger partial charge >= 0.3 is 11.9 Å². The molecule has 0 aliphatic heterocycles. The van der Waals surface area contributed by atoms with Gasteiger partial charge in [-0.3, -0.25) is 0 Å². The number of unbranched alkanes of at least 4 members (excludes halogenated alkanes) is 9. The Kier molecular flexibility index (Phi) is 12.8. The molecule has 4 nitrogen and oxygen atoms in total. The van der Waals surface area contributed by atoms with Gasteiger partial charge in [0.15, 0.2) is 0 Å². The first kappa shape index (κ1) is 21.9. The molecule has 0 saturated heterocycles. The minimum Gasteiger partial charge on any atom is -0.463 e. The van der Waals surface area contributed by atoms with Crippen molar-refractivity contribution in [2.24, 2.45) is 0 Å². The van der Waals surface area contributed by atoms with Crippen molar-refractivity contribution in [1.82, 2.24) is 0 Å². The van der Waals surface area contributed by atoms with Gasteiger partial charge in [-0.05, 0) is 18.6 Å². The second-order valence-corrected chi connectivity index (χ2v) is 6.42. The molecular formula is C22H32O4. The van der Waals surface area contributed by atoms with E-state index in [2.05, 4.69) is 6.92 Å². The maximum absolute atomic E-state index is 11.6. The average Bonchev–Trinajstić information content (AvgIpc) is 2.65. The van der Waals surface area contributed by atoms with Crippen molar-refractivity contribution in [3.05, 3.63) is 42.5 Å². The number of carbonyl (C=O) groups is 2. The van der Waals surface area contributed by atoms with Crippen molar-refractivity contribution < 1.29 is 19.1 Å². The summed E-state index contributed by atoms with van der Waals surface area (Å²) in [6.45, 7) is 2.63. The third kappa shape index (κ3) is 12.3. The average molecular weight is 360 g/mol. The molecule has 0 aliphatic rings. The lowest BCUT2D eigenvalue weighted by atomic mass is 10.1. The summed E-state index contributed by atoms with van der Waals surface area (Å²) in [4.78, 5) is 23.1. The zero-order valence-electron chi connectivity index (χ0n) is 16.0. The van der Waals surface area contributed by atoms with E-state index in [-0.39, 0.29) is 0 Å². The highest BCUT2D eigenvalue weighted by Gasteiger charge is 2.02. The van der Waals surface area contributed by atoms with Gasteiger partial charge in [-0.1, -0.05) is 82.9 Å². The number of ether oxygens (including phenoxy) is 2. The van der Waals surface area contributed by atoms with E-state index in [9.17, 15) is 9.59 Å². The summed E-state index contributed by atoms with van der Waals surface area (Å²) in [5, 5.41) is 0. The van der Waals surface area contributed by atoms with Crippen LogP contribution in [0, 0.1) is 0 Å². The summed E-state index contributed by atoms with van der Waals surface area (Å²) < 4.78 is 10.1. The van der Waals surface area contributed by atoms with E-state index in [0.717, 1.165) is 25.0 Å². The van der Waals surface area contributed by atoms with Crippen LogP contribution in [-0.4, -0.2) is 18.5 Å². The molecular weight excluding hydrogens is 328 g/mol. The van der Waals surface area contributed by atoms with Crippen molar-refractivity contribution >= 4 is 11.9 Å². The molecule has 0 heterocycles. The lowest BCUT2D eigenvalue weighted by molar-refractivity contribution is -0.138. The molecule has 0 unspecified atom stereocenters. The van der Waals surface area contributed by atoms with Gasteiger partial charge in [0.05, 0.1) is 6.61 Å². The molecule has 0 fully saturated rings. The third-order valence-corrected chi connectivity index (χ3v) is 4.06. The Labute approximate surface area is 157 Å². The van der Waals surface area contributed by atoms with E-state index in [1.807, 2.05) is 6.07 Å². The number of hydrogen-bond acceptors (Lipinski definition) is 4. The topological polar surface area (TPSA) is 52.6 Å². The summed E-state index contributed by atoms with van der Waals surface area (Å²) in [6.07, 6.45) is 14.6. The van der Waals surface area contributed by atoms with E-state index in [4.69, 9.17) is 9.47 Å². The van der Waals surface area contributed by atoms with Crippen molar-refractivity contribution in [3.63, 3.8) is 0 Å².